The zero-order chi connectivity index (χ0) is 47.6. The molecule has 1 spiro atoms. The van der Waals surface area contributed by atoms with E-state index in [0.29, 0.717) is 0 Å². The highest BCUT2D eigenvalue weighted by Gasteiger charge is 2.52. The minimum absolute atomic E-state index is 0.346. The predicted octanol–water partition coefficient (Wildman–Crippen LogP) is 18.4. The van der Waals surface area contributed by atoms with Crippen LogP contribution < -0.4 is 0 Å². The van der Waals surface area contributed by atoms with Crippen molar-refractivity contribution < 1.29 is 0 Å². The number of nitrogens with zero attached hydrogens (tertiary/aromatic N) is 1. The number of hydrogen-bond donors (Lipinski definition) is 0. The standard InChI is InChI=1S/C50H33N.C20H18/c1-32-22-28-41-46(30-32)50(43-18-8-5-14-38(43)39-15-6-9-19-44(39)50)45-20-11-17-37(49(41)45)34-23-26-36(27-24-34)51-47-21-10-7-16-40(47)42-31-35(25-29-48(42)51)33-12-3-2-4-13-33;1-15-8-6-7-11-19(15)20-14-18(13-12-16(20)2)17-9-4-3-5-10-17/h2-31H,1H3;3-14H,1-2H3. The van der Waals surface area contributed by atoms with Crippen LogP contribution in [-0.4, -0.2) is 4.57 Å². The zero-order valence-corrected chi connectivity index (χ0v) is 40.2. The molecule has 0 unspecified atom stereocenters. The second-order valence-electron chi connectivity index (χ2n) is 19.3. The number of hydrogen-bond acceptors (Lipinski definition) is 0. The second kappa shape index (κ2) is 17.0. The average molecular weight is 906 g/mol. The minimum Gasteiger partial charge on any atom is -0.309 e. The van der Waals surface area contributed by atoms with Gasteiger partial charge >= 0.3 is 0 Å². The van der Waals surface area contributed by atoms with Crippen LogP contribution in [0.4, 0.5) is 0 Å². The second-order valence-corrected chi connectivity index (χ2v) is 19.3. The normalized spacial score (nSPS) is 12.5. The Morgan fingerprint density at radius 2 is 0.817 bits per heavy atom. The van der Waals surface area contributed by atoms with Crippen LogP contribution in [0.25, 0.3) is 94.3 Å². The third-order valence-electron chi connectivity index (χ3n) is 15.3. The first kappa shape index (κ1) is 42.3. The lowest BCUT2D eigenvalue weighted by molar-refractivity contribution is 0.793. The summed E-state index contributed by atoms with van der Waals surface area (Å²) in [6.45, 7) is 6.57. The molecule has 0 saturated carbocycles. The van der Waals surface area contributed by atoms with Crippen molar-refractivity contribution in [3.05, 3.63) is 294 Å². The molecule has 14 rings (SSSR count). The molecular weight excluding hydrogens is 855 g/mol. The van der Waals surface area contributed by atoms with E-state index in [9.17, 15) is 0 Å². The Bertz CT molecular complexity index is 3960. The summed E-state index contributed by atoms with van der Waals surface area (Å²) in [6, 6.07) is 93.5. The SMILES string of the molecule is Cc1ccc2c(c1)C1(c3ccccc3-c3ccccc31)c1cccc(-c3ccc(-n4c5ccccc5c5cc(-c6ccccc6)ccc54)cc3)c1-2.Cc1ccccc1-c1cc(-c2ccccc2)ccc1C. The molecule has 0 atom stereocenters. The zero-order valence-electron chi connectivity index (χ0n) is 40.2. The lowest BCUT2D eigenvalue weighted by Crippen LogP contribution is -2.25. The quantitative estimate of drug-likeness (QED) is 0.162. The molecule has 0 amide bonds. The predicted molar refractivity (Wildman–Crippen MR) is 299 cm³/mol. The summed E-state index contributed by atoms with van der Waals surface area (Å²) in [6.07, 6.45) is 0. The van der Waals surface area contributed by atoms with E-state index in [1.165, 1.54) is 128 Å². The Morgan fingerprint density at radius 3 is 1.52 bits per heavy atom. The summed E-state index contributed by atoms with van der Waals surface area (Å²) in [5, 5.41) is 2.54. The van der Waals surface area contributed by atoms with Gasteiger partial charge in [0, 0.05) is 16.5 Å². The summed E-state index contributed by atoms with van der Waals surface area (Å²) in [4.78, 5) is 0. The number of aryl methyl sites for hydroxylation is 3. The van der Waals surface area contributed by atoms with Gasteiger partial charge < -0.3 is 4.57 Å². The Morgan fingerprint density at radius 1 is 0.282 bits per heavy atom. The van der Waals surface area contributed by atoms with Crippen LogP contribution in [-0.2, 0) is 5.41 Å². The van der Waals surface area contributed by atoms with Crippen LogP contribution in [0.1, 0.15) is 38.9 Å². The van der Waals surface area contributed by atoms with Crippen LogP contribution in [0, 0.1) is 20.8 Å². The topological polar surface area (TPSA) is 4.93 Å². The largest absolute Gasteiger partial charge is 0.309 e. The maximum atomic E-state index is 2.44. The molecule has 2 aliphatic rings. The smallest absolute Gasteiger partial charge is 0.0725 e. The van der Waals surface area contributed by atoms with Crippen molar-refractivity contribution in [3.63, 3.8) is 0 Å². The van der Waals surface area contributed by atoms with Crippen LogP contribution >= 0.6 is 0 Å². The molecule has 11 aromatic carbocycles. The Hall–Kier alpha value is -8.78. The van der Waals surface area contributed by atoms with Crippen LogP contribution in [0.5, 0.6) is 0 Å². The Labute approximate surface area is 416 Å². The van der Waals surface area contributed by atoms with Crippen LogP contribution in [0.2, 0.25) is 0 Å². The maximum Gasteiger partial charge on any atom is 0.0725 e. The fourth-order valence-corrected chi connectivity index (χ4v) is 12.0. The minimum atomic E-state index is -0.346. The number of benzene rings is 11. The monoisotopic (exact) mass is 905 g/mol. The molecule has 1 heterocycles. The van der Waals surface area contributed by atoms with E-state index in [1.54, 1.807) is 0 Å². The number of aromatic nitrogens is 1. The van der Waals surface area contributed by atoms with Crippen molar-refractivity contribution in [2.75, 3.05) is 0 Å². The van der Waals surface area contributed by atoms with Crippen molar-refractivity contribution >= 4 is 21.8 Å². The third kappa shape index (κ3) is 6.76. The van der Waals surface area contributed by atoms with E-state index in [0.717, 1.165) is 5.69 Å². The summed E-state index contributed by atoms with van der Waals surface area (Å²) in [7, 11) is 0. The molecule has 0 bridgehead atoms. The van der Waals surface area contributed by atoms with Gasteiger partial charge in [-0.05, 0) is 157 Å². The van der Waals surface area contributed by atoms with E-state index in [-0.39, 0.29) is 5.41 Å². The summed E-state index contributed by atoms with van der Waals surface area (Å²) < 4.78 is 2.41. The summed E-state index contributed by atoms with van der Waals surface area (Å²) in [5.41, 5.74) is 28.2. The molecule has 12 aromatic rings. The number of rotatable bonds is 5. The first-order valence-corrected chi connectivity index (χ1v) is 24.8. The molecule has 1 aromatic heterocycles. The first-order chi connectivity index (χ1) is 35.0. The molecule has 71 heavy (non-hydrogen) atoms. The van der Waals surface area contributed by atoms with Gasteiger partial charge in [0.15, 0.2) is 0 Å². The van der Waals surface area contributed by atoms with Crippen molar-refractivity contribution in [2.24, 2.45) is 0 Å². The molecule has 2 aliphatic carbocycles. The van der Waals surface area contributed by atoms with E-state index in [4.69, 9.17) is 0 Å². The van der Waals surface area contributed by atoms with Gasteiger partial charge in [-0.25, -0.2) is 0 Å². The van der Waals surface area contributed by atoms with Crippen molar-refractivity contribution in [3.8, 4) is 72.4 Å². The van der Waals surface area contributed by atoms with Gasteiger partial charge in [0.1, 0.15) is 0 Å². The van der Waals surface area contributed by atoms with Gasteiger partial charge in [-0.3, -0.25) is 0 Å². The highest BCUT2D eigenvalue weighted by Crippen LogP contribution is 2.64. The molecule has 336 valence electrons. The van der Waals surface area contributed by atoms with Gasteiger partial charge in [0.2, 0.25) is 0 Å². The van der Waals surface area contributed by atoms with Gasteiger partial charge in [-0.2, -0.15) is 0 Å². The van der Waals surface area contributed by atoms with Crippen molar-refractivity contribution in [1.29, 1.82) is 0 Å². The molecule has 0 radical (unpaired) electrons. The van der Waals surface area contributed by atoms with E-state index in [1.807, 2.05) is 0 Å². The van der Waals surface area contributed by atoms with Gasteiger partial charge in [0.25, 0.3) is 0 Å². The van der Waals surface area contributed by atoms with Crippen LogP contribution in [0.15, 0.2) is 255 Å². The first-order valence-electron chi connectivity index (χ1n) is 24.8. The van der Waals surface area contributed by atoms with Gasteiger partial charge in [-0.1, -0.05) is 224 Å². The van der Waals surface area contributed by atoms with Crippen molar-refractivity contribution in [2.45, 2.75) is 26.2 Å². The Balaban J connectivity index is 0.000000206. The van der Waals surface area contributed by atoms with E-state index >= 15 is 0 Å². The maximum absolute atomic E-state index is 2.44. The lowest BCUT2D eigenvalue weighted by Gasteiger charge is -2.30. The molecule has 1 heteroatoms. The molecule has 0 fully saturated rings. The molecule has 1 nitrogen and oxygen atoms in total. The fraction of sp³-hybridized carbons (Fsp3) is 0.0571. The lowest BCUT2D eigenvalue weighted by atomic mass is 9.70. The highest BCUT2D eigenvalue weighted by atomic mass is 15.0. The van der Waals surface area contributed by atoms with Crippen LogP contribution in [0.3, 0.4) is 0 Å². The molecule has 0 aliphatic heterocycles. The van der Waals surface area contributed by atoms with Crippen molar-refractivity contribution in [1.82, 2.24) is 4.57 Å². The molecule has 0 N–H and O–H groups in total. The van der Waals surface area contributed by atoms with Gasteiger partial charge in [0.05, 0.1) is 16.4 Å². The van der Waals surface area contributed by atoms with E-state index < -0.39 is 0 Å². The number of para-hydroxylation sites is 1. The average Bonchev–Trinajstić information content (AvgIpc) is 4.04. The summed E-state index contributed by atoms with van der Waals surface area (Å²) in [5.74, 6) is 0. The Kier molecular flexibility index (Phi) is 10.1. The molecule has 0 saturated heterocycles. The third-order valence-corrected chi connectivity index (χ3v) is 15.3. The summed E-state index contributed by atoms with van der Waals surface area (Å²) >= 11 is 0. The fourth-order valence-electron chi connectivity index (χ4n) is 12.0. The highest BCUT2D eigenvalue weighted by molar-refractivity contribution is 6.10. The van der Waals surface area contributed by atoms with Gasteiger partial charge in [-0.15, -0.1) is 0 Å². The number of fused-ring (bicyclic) bond motifs is 13. The molecular formula is C70H51N. The van der Waals surface area contributed by atoms with E-state index in [2.05, 4.69) is 280 Å².